The number of benzene rings is 3. The Balaban J connectivity index is 2.04. The Labute approximate surface area is 279 Å². The van der Waals surface area contributed by atoms with Crippen LogP contribution in [0.25, 0.3) is 0 Å². The zero-order chi connectivity index (χ0) is 34.4. The summed E-state index contributed by atoms with van der Waals surface area (Å²) in [5.74, 6) is -0.0359. The van der Waals surface area contributed by atoms with Gasteiger partial charge in [-0.1, -0.05) is 81.0 Å². The highest BCUT2D eigenvalue weighted by Gasteiger charge is 2.36. The molecule has 3 N–H and O–H groups in total. The van der Waals surface area contributed by atoms with E-state index in [1.807, 2.05) is 31.2 Å². The lowest BCUT2D eigenvalue weighted by Gasteiger charge is -2.35. The molecular weight excluding hydrogens is 594 g/mol. The van der Waals surface area contributed by atoms with Crippen LogP contribution in [-0.4, -0.2) is 53.2 Å². The van der Waals surface area contributed by atoms with Crippen LogP contribution in [0.2, 0.25) is 0 Å². The van der Waals surface area contributed by atoms with Crippen molar-refractivity contribution in [2.45, 2.75) is 97.2 Å². The predicted octanol–water partition coefficient (Wildman–Crippen LogP) is 7.71. The quantitative estimate of drug-likeness (QED) is 0.137. The summed E-state index contributed by atoms with van der Waals surface area (Å²) in [7, 11) is 1.58. The molecule has 9 heteroatoms. The van der Waals surface area contributed by atoms with E-state index in [9.17, 15) is 19.5 Å². The zero-order valence-corrected chi connectivity index (χ0v) is 28.7. The number of phenols is 1. The molecule has 0 fully saturated rings. The summed E-state index contributed by atoms with van der Waals surface area (Å²) in [6, 6.07) is 19.1. The fraction of sp³-hybridized carbons (Fsp3) is 0.447. The molecule has 254 valence electrons. The van der Waals surface area contributed by atoms with Crippen molar-refractivity contribution in [2.24, 2.45) is 0 Å². The highest BCUT2D eigenvalue weighted by Crippen LogP contribution is 2.27. The molecule has 2 unspecified atom stereocenters. The van der Waals surface area contributed by atoms with Crippen LogP contribution in [-0.2, 0) is 20.7 Å². The number of anilines is 1. The van der Waals surface area contributed by atoms with E-state index in [0.717, 1.165) is 43.2 Å². The Morgan fingerprint density at radius 2 is 1.47 bits per heavy atom. The van der Waals surface area contributed by atoms with Crippen molar-refractivity contribution in [1.29, 1.82) is 0 Å². The summed E-state index contributed by atoms with van der Waals surface area (Å²) in [6.07, 6.45) is 5.38. The van der Waals surface area contributed by atoms with Crippen LogP contribution in [0.15, 0.2) is 72.8 Å². The number of unbranched alkanes of at least 4 members (excludes halogenated alkanes) is 5. The molecule has 0 bridgehead atoms. The van der Waals surface area contributed by atoms with E-state index in [2.05, 4.69) is 17.6 Å². The second kappa shape index (κ2) is 18.0. The number of ether oxygens (including phenoxy) is 2. The van der Waals surface area contributed by atoms with Crippen molar-refractivity contribution in [1.82, 2.24) is 10.2 Å². The molecule has 2 atom stereocenters. The van der Waals surface area contributed by atoms with Gasteiger partial charge in [-0.05, 0) is 81.6 Å². The van der Waals surface area contributed by atoms with Gasteiger partial charge in [-0.2, -0.15) is 0 Å². The smallest absolute Gasteiger partial charge is 0.408 e. The topological polar surface area (TPSA) is 117 Å². The fourth-order valence-corrected chi connectivity index (χ4v) is 5.25. The lowest BCUT2D eigenvalue weighted by molar-refractivity contribution is -0.140. The zero-order valence-electron chi connectivity index (χ0n) is 28.7. The molecule has 0 aliphatic rings. The summed E-state index contributed by atoms with van der Waals surface area (Å²) in [5, 5.41) is 15.6. The molecule has 0 aliphatic heterocycles. The molecule has 3 rings (SSSR count). The highest BCUT2D eigenvalue weighted by atomic mass is 16.6. The molecule has 0 spiro atoms. The monoisotopic (exact) mass is 645 g/mol. The molecule has 0 radical (unpaired) electrons. The summed E-state index contributed by atoms with van der Waals surface area (Å²) in [6.45, 7) is 9.71. The first-order valence-corrected chi connectivity index (χ1v) is 16.5. The van der Waals surface area contributed by atoms with Gasteiger partial charge >= 0.3 is 6.09 Å². The molecule has 0 aromatic heterocycles. The van der Waals surface area contributed by atoms with Crippen LogP contribution >= 0.6 is 0 Å². The van der Waals surface area contributed by atoms with Gasteiger partial charge in [0.05, 0.1) is 7.11 Å². The van der Waals surface area contributed by atoms with Crippen molar-refractivity contribution < 1.29 is 29.0 Å². The molecular formula is C38H51N3O6. The Kier molecular flexibility index (Phi) is 14.1. The van der Waals surface area contributed by atoms with Crippen molar-refractivity contribution in [3.8, 4) is 11.5 Å². The molecule has 0 heterocycles. The first-order valence-electron chi connectivity index (χ1n) is 16.5. The Morgan fingerprint density at radius 1 is 0.851 bits per heavy atom. The number of methoxy groups -OCH3 is 1. The van der Waals surface area contributed by atoms with Gasteiger partial charge in [-0.3, -0.25) is 9.59 Å². The first kappa shape index (κ1) is 36.9. The minimum atomic E-state index is -1.05. The number of aromatic hydroxyl groups is 1. The molecule has 9 nitrogen and oxygen atoms in total. The largest absolute Gasteiger partial charge is 0.508 e. The van der Waals surface area contributed by atoms with E-state index in [1.165, 1.54) is 12.1 Å². The van der Waals surface area contributed by atoms with Crippen molar-refractivity contribution in [2.75, 3.05) is 19.0 Å². The van der Waals surface area contributed by atoms with Crippen molar-refractivity contribution in [3.63, 3.8) is 0 Å². The molecule has 0 aliphatic carbocycles. The van der Waals surface area contributed by atoms with Gasteiger partial charge in [-0.25, -0.2) is 4.79 Å². The van der Waals surface area contributed by atoms with E-state index in [-0.39, 0.29) is 18.1 Å². The number of carbonyl (C=O) groups is 3. The fourth-order valence-electron chi connectivity index (χ4n) is 5.25. The SMILES string of the molecule is CCCCCCCCN(C(=O)C(Cc1ccc(O)cc1)NC(=O)OC(C)(C)C)C(C(=O)Nc1ccc(OC)cc1)c1ccc(C)cc1. The number of aryl methyl sites for hydroxylation is 1. The van der Waals surface area contributed by atoms with Crippen LogP contribution in [0, 0.1) is 6.92 Å². The summed E-state index contributed by atoms with van der Waals surface area (Å²) < 4.78 is 10.8. The summed E-state index contributed by atoms with van der Waals surface area (Å²) in [4.78, 5) is 43.6. The van der Waals surface area contributed by atoms with Gasteiger partial charge in [0.1, 0.15) is 29.2 Å². The van der Waals surface area contributed by atoms with E-state index < -0.39 is 29.7 Å². The first-order chi connectivity index (χ1) is 22.4. The van der Waals surface area contributed by atoms with Gasteiger partial charge in [0.15, 0.2) is 0 Å². The molecule has 3 aromatic rings. The van der Waals surface area contributed by atoms with Crippen molar-refractivity contribution in [3.05, 3.63) is 89.5 Å². The number of rotatable bonds is 16. The van der Waals surface area contributed by atoms with Gasteiger partial charge in [0, 0.05) is 18.7 Å². The average Bonchev–Trinajstić information content (AvgIpc) is 3.02. The second-order valence-corrected chi connectivity index (χ2v) is 12.9. The van der Waals surface area contributed by atoms with Crippen LogP contribution in [0.3, 0.4) is 0 Å². The number of amides is 3. The standard InChI is InChI=1S/C38H51N3O6/c1-7-8-9-10-11-12-25-41(36(44)33(40-37(45)47-38(3,4)5)26-28-15-21-31(42)22-16-28)34(29-17-13-27(2)14-18-29)35(43)39-30-19-23-32(46-6)24-20-30/h13-24,33-34,42H,7-12,25-26H2,1-6H3,(H,39,43)(H,40,45). The lowest BCUT2D eigenvalue weighted by atomic mass is 9.98. The minimum Gasteiger partial charge on any atom is -0.508 e. The van der Waals surface area contributed by atoms with Crippen LogP contribution in [0.1, 0.15) is 89.0 Å². The Bertz CT molecular complexity index is 1420. The van der Waals surface area contributed by atoms with Crippen LogP contribution in [0.5, 0.6) is 11.5 Å². The highest BCUT2D eigenvalue weighted by molar-refractivity contribution is 5.99. The molecule has 47 heavy (non-hydrogen) atoms. The third-order valence-electron chi connectivity index (χ3n) is 7.71. The minimum absolute atomic E-state index is 0.0936. The van der Waals surface area contributed by atoms with E-state index in [4.69, 9.17) is 9.47 Å². The van der Waals surface area contributed by atoms with Crippen LogP contribution < -0.4 is 15.4 Å². The van der Waals surface area contributed by atoms with Gasteiger partial charge in [0.2, 0.25) is 5.91 Å². The van der Waals surface area contributed by atoms with Crippen molar-refractivity contribution >= 4 is 23.6 Å². The molecule has 3 aromatic carbocycles. The molecule has 0 saturated carbocycles. The summed E-state index contributed by atoms with van der Waals surface area (Å²) >= 11 is 0. The molecule has 0 saturated heterocycles. The third kappa shape index (κ3) is 12.3. The summed E-state index contributed by atoms with van der Waals surface area (Å²) in [5.41, 5.74) is 2.19. The van der Waals surface area contributed by atoms with E-state index in [1.54, 1.807) is 69.2 Å². The van der Waals surface area contributed by atoms with Gasteiger partial charge in [-0.15, -0.1) is 0 Å². The lowest BCUT2D eigenvalue weighted by Crippen LogP contribution is -2.53. The number of nitrogens with one attached hydrogen (secondary N) is 2. The Morgan fingerprint density at radius 3 is 2.06 bits per heavy atom. The number of nitrogens with zero attached hydrogens (tertiary/aromatic N) is 1. The second-order valence-electron chi connectivity index (χ2n) is 12.9. The molecule has 3 amide bonds. The number of alkyl carbamates (subject to hydrolysis) is 1. The third-order valence-corrected chi connectivity index (χ3v) is 7.71. The predicted molar refractivity (Wildman–Crippen MR) is 186 cm³/mol. The maximum absolute atomic E-state index is 14.7. The number of carbonyl (C=O) groups excluding carboxylic acids is 3. The Hall–Kier alpha value is -4.53. The average molecular weight is 646 g/mol. The number of hydrogen-bond donors (Lipinski definition) is 3. The van der Waals surface area contributed by atoms with E-state index in [0.29, 0.717) is 30.0 Å². The number of hydrogen-bond acceptors (Lipinski definition) is 6. The number of phenolic OH excluding ortho intramolecular Hbond substituents is 1. The maximum Gasteiger partial charge on any atom is 0.408 e. The van der Waals surface area contributed by atoms with Crippen LogP contribution in [0.4, 0.5) is 10.5 Å². The van der Waals surface area contributed by atoms with Gasteiger partial charge < -0.3 is 30.1 Å². The van der Waals surface area contributed by atoms with E-state index >= 15 is 0 Å². The van der Waals surface area contributed by atoms with Gasteiger partial charge in [0.25, 0.3) is 5.91 Å². The normalized spacial score (nSPS) is 12.5. The maximum atomic E-state index is 14.7.